The number of esters is 1. The Morgan fingerprint density at radius 3 is 2.20 bits per heavy atom. The van der Waals surface area contributed by atoms with Crippen LogP contribution in [0.15, 0.2) is 41.0 Å². The lowest BCUT2D eigenvalue weighted by Crippen LogP contribution is -2.20. The highest BCUT2D eigenvalue weighted by Gasteiger charge is 2.25. The van der Waals surface area contributed by atoms with Gasteiger partial charge >= 0.3 is 5.97 Å². The monoisotopic (exact) mass is 410 g/mol. The lowest BCUT2D eigenvalue weighted by molar-refractivity contribution is -0.130. The average molecular weight is 410 g/mol. The molecule has 8 nitrogen and oxygen atoms in total. The summed E-state index contributed by atoms with van der Waals surface area (Å²) in [6, 6.07) is 9.09. The Morgan fingerprint density at radius 2 is 1.67 bits per heavy atom. The maximum Gasteiger partial charge on any atom is 0.363 e. The molecule has 1 aliphatic heterocycles. The number of nitrogens with two attached hydrogens (primary N) is 1. The summed E-state index contributed by atoms with van der Waals surface area (Å²) in [5.41, 5.74) is 8.67. The number of hydrogen-bond donors (Lipinski definition) is 1. The molecule has 0 unspecified atom stereocenters. The van der Waals surface area contributed by atoms with Crippen LogP contribution in [0, 0.1) is 13.8 Å². The molecule has 1 heterocycles. The lowest BCUT2D eigenvalue weighted by atomic mass is 10.1. The molecule has 0 radical (unpaired) electrons. The van der Waals surface area contributed by atoms with E-state index in [1.54, 1.807) is 18.2 Å². The average Bonchev–Trinajstić information content (AvgIpc) is 3.05. The summed E-state index contributed by atoms with van der Waals surface area (Å²) in [6.45, 7) is 3.60. The quantitative estimate of drug-likeness (QED) is 0.555. The van der Waals surface area contributed by atoms with E-state index in [1.165, 1.54) is 14.2 Å². The van der Waals surface area contributed by atoms with E-state index in [9.17, 15) is 9.59 Å². The molecule has 0 saturated heterocycles. The number of carbonyl (C=O) groups excluding carboxylic acids is 2. The van der Waals surface area contributed by atoms with Crippen molar-refractivity contribution in [2.45, 2.75) is 13.8 Å². The molecule has 2 N–H and O–H groups in total. The van der Waals surface area contributed by atoms with E-state index in [2.05, 4.69) is 4.99 Å². The molecule has 0 saturated carbocycles. The summed E-state index contributed by atoms with van der Waals surface area (Å²) >= 11 is 0. The van der Waals surface area contributed by atoms with Gasteiger partial charge in [-0.05, 0) is 49.8 Å². The van der Waals surface area contributed by atoms with Gasteiger partial charge in [-0.25, -0.2) is 9.79 Å². The number of carbonyl (C=O) groups is 2. The van der Waals surface area contributed by atoms with Crippen LogP contribution in [0.1, 0.15) is 22.3 Å². The Morgan fingerprint density at radius 1 is 1.07 bits per heavy atom. The highest BCUT2D eigenvalue weighted by molar-refractivity contribution is 6.13. The fraction of sp³-hybridized carbons (Fsp3) is 0.227. The zero-order valence-corrected chi connectivity index (χ0v) is 17.1. The molecular weight excluding hydrogens is 388 g/mol. The molecule has 2 aromatic rings. The lowest BCUT2D eigenvalue weighted by Gasteiger charge is -2.14. The molecule has 3 rings (SSSR count). The third-order valence-corrected chi connectivity index (χ3v) is 4.23. The number of cyclic esters (lactones) is 1. The van der Waals surface area contributed by atoms with Gasteiger partial charge in [-0.3, -0.25) is 4.79 Å². The van der Waals surface area contributed by atoms with Crippen LogP contribution in [-0.2, 0) is 14.3 Å². The van der Waals surface area contributed by atoms with E-state index in [0.717, 1.165) is 16.7 Å². The van der Waals surface area contributed by atoms with Crippen LogP contribution in [-0.4, -0.2) is 38.6 Å². The Bertz CT molecular complexity index is 1030. The topological polar surface area (TPSA) is 109 Å². The fourth-order valence-corrected chi connectivity index (χ4v) is 3.06. The van der Waals surface area contributed by atoms with Crippen LogP contribution in [0.2, 0.25) is 0 Å². The van der Waals surface area contributed by atoms with Crippen molar-refractivity contribution in [2.75, 3.05) is 20.8 Å². The van der Waals surface area contributed by atoms with Crippen LogP contribution in [0.25, 0.3) is 6.08 Å². The normalized spacial score (nSPS) is 14.3. The molecule has 0 aromatic heterocycles. The van der Waals surface area contributed by atoms with Crippen molar-refractivity contribution < 1.29 is 28.5 Å². The highest BCUT2D eigenvalue weighted by Crippen LogP contribution is 2.39. The molecular formula is C22H22N2O6. The summed E-state index contributed by atoms with van der Waals surface area (Å²) in [5, 5.41) is 0. The van der Waals surface area contributed by atoms with Gasteiger partial charge in [-0.1, -0.05) is 17.2 Å². The number of methoxy groups -OCH3 is 2. The maximum atomic E-state index is 12.3. The molecule has 2 aromatic carbocycles. The van der Waals surface area contributed by atoms with Crippen LogP contribution >= 0.6 is 0 Å². The zero-order chi connectivity index (χ0) is 21.8. The SMILES string of the molecule is COc1cc(/C=C2\N=C(c3cc(C)cc(C)c3)OC2=O)cc(OC)c1OCC(N)=O. The van der Waals surface area contributed by atoms with Crippen molar-refractivity contribution in [3.05, 3.63) is 58.3 Å². The first-order chi connectivity index (χ1) is 14.3. The summed E-state index contributed by atoms with van der Waals surface area (Å²) in [7, 11) is 2.89. The predicted molar refractivity (Wildman–Crippen MR) is 111 cm³/mol. The van der Waals surface area contributed by atoms with Gasteiger partial charge in [0.1, 0.15) is 0 Å². The van der Waals surface area contributed by atoms with Gasteiger partial charge in [0.25, 0.3) is 5.91 Å². The second-order valence-corrected chi connectivity index (χ2v) is 6.72. The van der Waals surface area contributed by atoms with E-state index in [0.29, 0.717) is 17.1 Å². The van der Waals surface area contributed by atoms with Crippen molar-refractivity contribution in [2.24, 2.45) is 10.7 Å². The third kappa shape index (κ3) is 4.60. The summed E-state index contributed by atoms with van der Waals surface area (Å²) in [6.07, 6.45) is 1.56. The number of nitrogens with zero attached hydrogens (tertiary/aromatic N) is 1. The number of primary amides is 1. The Labute approximate surface area is 173 Å². The van der Waals surface area contributed by atoms with Gasteiger partial charge in [0.2, 0.25) is 11.6 Å². The first kappa shape index (κ1) is 20.9. The minimum Gasteiger partial charge on any atom is -0.493 e. The summed E-state index contributed by atoms with van der Waals surface area (Å²) in [5.74, 6) is -0.0872. The minimum atomic E-state index is -0.632. The molecule has 156 valence electrons. The first-order valence-electron chi connectivity index (χ1n) is 9.09. The Hall–Kier alpha value is -3.81. The van der Waals surface area contributed by atoms with Gasteiger partial charge in [0, 0.05) is 5.56 Å². The number of aryl methyl sites for hydroxylation is 2. The minimum absolute atomic E-state index is 0.138. The predicted octanol–water partition coefficient (Wildman–Crippen LogP) is 2.53. The van der Waals surface area contributed by atoms with Crippen LogP contribution in [0.4, 0.5) is 0 Å². The van der Waals surface area contributed by atoms with Gasteiger partial charge in [0.15, 0.2) is 23.8 Å². The van der Waals surface area contributed by atoms with E-state index in [4.69, 9.17) is 24.7 Å². The molecule has 30 heavy (non-hydrogen) atoms. The number of benzene rings is 2. The van der Waals surface area contributed by atoms with E-state index >= 15 is 0 Å². The molecule has 0 spiro atoms. The number of amides is 1. The van der Waals surface area contributed by atoms with Crippen molar-refractivity contribution in [3.63, 3.8) is 0 Å². The van der Waals surface area contributed by atoms with Crippen molar-refractivity contribution >= 4 is 23.9 Å². The van der Waals surface area contributed by atoms with E-state index < -0.39 is 11.9 Å². The number of rotatable bonds is 7. The third-order valence-electron chi connectivity index (χ3n) is 4.23. The Balaban J connectivity index is 1.98. The summed E-state index contributed by atoms with van der Waals surface area (Å²) < 4.78 is 21.4. The molecule has 0 fully saturated rings. The van der Waals surface area contributed by atoms with Gasteiger partial charge in [0.05, 0.1) is 14.2 Å². The molecule has 8 heteroatoms. The number of aliphatic imine (C=N–C) groups is 1. The van der Waals surface area contributed by atoms with Crippen molar-refractivity contribution in [3.8, 4) is 17.2 Å². The largest absolute Gasteiger partial charge is 0.493 e. The van der Waals surface area contributed by atoms with E-state index in [1.807, 2.05) is 32.0 Å². The molecule has 1 aliphatic rings. The Kier molecular flexibility index (Phi) is 6.06. The fourth-order valence-electron chi connectivity index (χ4n) is 3.06. The molecule has 0 bridgehead atoms. The van der Waals surface area contributed by atoms with Crippen LogP contribution in [0.3, 0.4) is 0 Å². The molecule has 1 amide bonds. The van der Waals surface area contributed by atoms with Crippen LogP contribution in [0.5, 0.6) is 17.2 Å². The standard InChI is InChI=1S/C22H22N2O6/c1-12-5-13(2)7-15(6-12)21-24-16(22(26)30-21)8-14-9-17(27-3)20(18(10-14)28-4)29-11-19(23)25/h5-10H,11H2,1-4H3,(H2,23,25)/b16-8-. The maximum absolute atomic E-state index is 12.3. The zero-order valence-electron chi connectivity index (χ0n) is 17.1. The number of hydrogen-bond acceptors (Lipinski definition) is 7. The van der Waals surface area contributed by atoms with Crippen molar-refractivity contribution in [1.29, 1.82) is 0 Å². The van der Waals surface area contributed by atoms with Crippen molar-refractivity contribution in [1.82, 2.24) is 0 Å². The molecule has 0 aliphatic carbocycles. The second-order valence-electron chi connectivity index (χ2n) is 6.72. The van der Waals surface area contributed by atoms with Gasteiger partial charge in [-0.15, -0.1) is 0 Å². The molecule has 0 atom stereocenters. The highest BCUT2D eigenvalue weighted by atomic mass is 16.6. The number of ether oxygens (including phenoxy) is 4. The van der Waals surface area contributed by atoms with Crippen LogP contribution < -0.4 is 19.9 Å². The first-order valence-corrected chi connectivity index (χ1v) is 9.09. The smallest absolute Gasteiger partial charge is 0.363 e. The summed E-state index contributed by atoms with van der Waals surface area (Å²) in [4.78, 5) is 27.7. The van der Waals surface area contributed by atoms with E-state index in [-0.39, 0.29) is 24.0 Å². The van der Waals surface area contributed by atoms with Gasteiger partial charge < -0.3 is 24.7 Å². The van der Waals surface area contributed by atoms with Gasteiger partial charge in [-0.2, -0.15) is 0 Å². The second kappa shape index (κ2) is 8.69.